The molecule has 6 heteroatoms. The lowest BCUT2D eigenvalue weighted by Crippen LogP contribution is -2.22. The normalized spacial score (nSPS) is 9.93. The van der Waals surface area contributed by atoms with Crippen LogP contribution in [0.5, 0.6) is 0 Å². The summed E-state index contributed by atoms with van der Waals surface area (Å²) in [5, 5.41) is 10.6. The summed E-state index contributed by atoms with van der Waals surface area (Å²) in [5.74, 6) is 0.512. The average molecular weight is 208 g/mol. The van der Waals surface area contributed by atoms with Gasteiger partial charge < -0.3 is 10.7 Å². The van der Waals surface area contributed by atoms with Crippen LogP contribution >= 0.6 is 11.6 Å². The summed E-state index contributed by atoms with van der Waals surface area (Å²) in [5.41, 5.74) is 1.06. The molecule has 0 atom stereocenters. The van der Waals surface area contributed by atoms with Gasteiger partial charge in [0, 0.05) is 23.4 Å². The van der Waals surface area contributed by atoms with Gasteiger partial charge in [-0.05, 0) is 25.4 Å². The Morgan fingerprint density at radius 2 is 2.21 bits per heavy atom. The van der Waals surface area contributed by atoms with Crippen LogP contribution in [-0.2, 0) is 0 Å². The number of hydrogen-bond acceptors (Lipinski definition) is 4. The van der Waals surface area contributed by atoms with Gasteiger partial charge in [-0.25, -0.2) is 9.97 Å². The highest BCUT2D eigenvalue weighted by Crippen LogP contribution is 2.12. The van der Waals surface area contributed by atoms with Crippen molar-refractivity contribution in [3.63, 3.8) is 0 Å². The Bertz CT molecular complexity index is 367. The summed E-state index contributed by atoms with van der Waals surface area (Å²) in [6, 6.07) is 0. The molecule has 0 aliphatic carbocycles. The number of nitrogens with one attached hydrogen (secondary N) is 2. The van der Waals surface area contributed by atoms with Crippen LogP contribution in [0.15, 0.2) is 0 Å². The first-order valence-corrected chi connectivity index (χ1v) is 4.56. The second-order valence-electron chi connectivity index (χ2n) is 2.76. The van der Waals surface area contributed by atoms with E-state index in [1.165, 1.54) is 0 Å². The minimum atomic E-state index is 0.0865. The first kappa shape index (κ1) is 11.0. The van der Waals surface area contributed by atoms with Crippen molar-refractivity contribution in [2.75, 3.05) is 11.9 Å². The molecule has 1 rings (SSSR count). The van der Waals surface area contributed by atoms with Crippen molar-refractivity contribution in [2.24, 2.45) is 0 Å². The van der Waals surface area contributed by atoms with E-state index >= 15 is 0 Å². The van der Waals surface area contributed by atoms with Crippen LogP contribution in [0.1, 0.15) is 19.4 Å². The number of anilines is 1. The largest absolute Gasteiger partial charge is 0.370 e. The zero-order valence-electron chi connectivity index (χ0n) is 8.06. The van der Waals surface area contributed by atoms with E-state index in [2.05, 4.69) is 15.3 Å². The molecule has 0 aromatic carbocycles. The molecule has 4 nitrogen and oxygen atoms in total. The maximum absolute atomic E-state index is 7.52. The molecular formula is C8H10BClN4. The lowest BCUT2D eigenvalue weighted by atomic mass is 9.95. The highest BCUT2D eigenvalue weighted by atomic mass is 35.5. The molecular weight excluding hydrogens is 198 g/mol. The van der Waals surface area contributed by atoms with Gasteiger partial charge in [0.1, 0.15) is 13.7 Å². The summed E-state index contributed by atoms with van der Waals surface area (Å²) in [6.07, 6.45) is 0. The molecule has 0 bridgehead atoms. The first-order valence-electron chi connectivity index (χ1n) is 4.18. The van der Waals surface area contributed by atoms with Crippen LogP contribution in [0.3, 0.4) is 0 Å². The third-order valence-electron chi connectivity index (χ3n) is 1.63. The van der Waals surface area contributed by atoms with E-state index in [1.54, 1.807) is 6.92 Å². The molecule has 0 saturated carbocycles. The second kappa shape index (κ2) is 4.42. The third-order valence-corrected chi connectivity index (χ3v) is 1.80. The number of hydrogen-bond donors (Lipinski definition) is 2. The lowest BCUT2D eigenvalue weighted by molar-refractivity contribution is 1.12. The van der Waals surface area contributed by atoms with Crippen molar-refractivity contribution in [1.82, 2.24) is 9.97 Å². The Balaban J connectivity index is 3.28. The van der Waals surface area contributed by atoms with Crippen molar-refractivity contribution in [3.05, 3.63) is 10.8 Å². The van der Waals surface area contributed by atoms with Crippen molar-refractivity contribution in [1.29, 1.82) is 5.41 Å². The van der Waals surface area contributed by atoms with Crippen LogP contribution in [-0.4, -0.2) is 30.1 Å². The van der Waals surface area contributed by atoms with E-state index in [0.717, 1.165) is 0 Å². The molecule has 1 heterocycles. The maximum atomic E-state index is 7.52. The summed E-state index contributed by atoms with van der Waals surface area (Å²) in [7, 11) is 5.64. The first-order chi connectivity index (χ1) is 6.56. The maximum Gasteiger partial charge on any atom is 0.223 e. The molecule has 0 saturated heterocycles. The zero-order valence-corrected chi connectivity index (χ0v) is 8.81. The van der Waals surface area contributed by atoms with Crippen LogP contribution < -0.4 is 10.9 Å². The fourth-order valence-corrected chi connectivity index (χ4v) is 1.29. The van der Waals surface area contributed by atoms with Crippen LogP contribution in [0.25, 0.3) is 0 Å². The van der Waals surface area contributed by atoms with Gasteiger partial charge >= 0.3 is 0 Å². The van der Waals surface area contributed by atoms with Crippen LogP contribution in [0.2, 0.25) is 5.28 Å². The smallest absolute Gasteiger partial charge is 0.223 e. The molecule has 2 N–H and O–H groups in total. The summed E-state index contributed by atoms with van der Waals surface area (Å²) >= 11 is 5.65. The van der Waals surface area contributed by atoms with Crippen LogP contribution in [0.4, 0.5) is 5.82 Å². The molecule has 1 aromatic heterocycles. The van der Waals surface area contributed by atoms with Crippen molar-refractivity contribution < 1.29 is 0 Å². The van der Waals surface area contributed by atoms with E-state index in [4.69, 9.17) is 24.9 Å². The summed E-state index contributed by atoms with van der Waals surface area (Å²) in [4.78, 5) is 7.76. The lowest BCUT2D eigenvalue weighted by Gasteiger charge is -2.11. The van der Waals surface area contributed by atoms with Crippen molar-refractivity contribution in [3.8, 4) is 0 Å². The van der Waals surface area contributed by atoms with Crippen LogP contribution in [0, 0.1) is 5.41 Å². The molecule has 14 heavy (non-hydrogen) atoms. The molecule has 1 aromatic rings. The monoisotopic (exact) mass is 208 g/mol. The Morgan fingerprint density at radius 1 is 1.57 bits per heavy atom. The van der Waals surface area contributed by atoms with E-state index in [0.29, 0.717) is 23.6 Å². The molecule has 2 radical (unpaired) electrons. The Labute approximate surface area is 89.0 Å². The quantitative estimate of drug-likeness (QED) is 0.438. The summed E-state index contributed by atoms with van der Waals surface area (Å²) in [6.45, 7) is 4.24. The van der Waals surface area contributed by atoms with Crippen molar-refractivity contribution >= 4 is 36.6 Å². The number of rotatable bonds is 3. The van der Waals surface area contributed by atoms with E-state index < -0.39 is 0 Å². The SMILES string of the molecule is [B]c1nc(Cl)nc(NCC)c1C(C)=N. The fraction of sp³-hybridized carbons (Fsp3) is 0.375. The predicted molar refractivity (Wildman–Crippen MR) is 59.1 cm³/mol. The van der Waals surface area contributed by atoms with Gasteiger partial charge in [-0.2, -0.15) is 0 Å². The third kappa shape index (κ3) is 2.23. The van der Waals surface area contributed by atoms with Gasteiger partial charge in [0.2, 0.25) is 5.28 Å². The molecule has 0 spiro atoms. The molecule has 0 aliphatic rings. The van der Waals surface area contributed by atoms with Gasteiger partial charge in [-0.1, -0.05) is 0 Å². The van der Waals surface area contributed by atoms with Gasteiger partial charge in [0.25, 0.3) is 0 Å². The Kier molecular flexibility index (Phi) is 3.46. The highest BCUT2D eigenvalue weighted by Gasteiger charge is 2.11. The Hall–Kier alpha value is -1.10. The fourth-order valence-electron chi connectivity index (χ4n) is 1.11. The minimum Gasteiger partial charge on any atom is -0.370 e. The van der Waals surface area contributed by atoms with Gasteiger partial charge in [0.15, 0.2) is 0 Å². The predicted octanol–water partition coefficient (Wildman–Crippen LogP) is 0.743. The zero-order chi connectivity index (χ0) is 10.7. The number of aromatic nitrogens is 2. The standard InChI is InChI=1S/C8H10BClN4/c1-3-12-7-5(4(2)11)6(9)13-8(10)14-7/h11H,3H2,1-2H3,(H,12,13,14). The van der Waals surface area contributed by atoms with E-state index in [-0.39, 0.29) is 10.9 Å². The van der Waals surface area contributed by atoms with Gasteiger partial charge in [-0.3, -0.25) is 0 Å². The van der Waals surface area contributed by atoms with E-state index in [9.17, 15) is 0 Å². The number of nitrogens with zero attached hydrogens (tertiary/aromatic N) is 2. The molecule has 0 amide bonds. The molecule has 0 unspecified atom stereocenters. The average Bonchev–Trinajstić information content (AvgIpc) is 2.01. The summed E-state index contributed by atoms with van der Waals surface area (Å²) < 4.78 is 0. The molecule has 0 fully saturated rings. The molecule has 0 aliphatic heterocycles. The second-order valence-corrected chi connectivity index (χ2v) is 3.09. The number of halogens is 1. The van der Waals surface area contributed by atoms with E-state index in [1.807, 2.05) is 6.92 Å². The minimum absolute atomic E-state index is 0.0865. The van der Waals surface area contributed by atoms with Gasteiger partial charge in [0.05, 0.1) is 0 Å². The highest BCUT2D eigenvalue weighted by molar-refractivity contribution is 6.37. The molecule has 72 valence electrons. The van der Waals surface area contributed by atoms with Gasteiger partial charge in [-0.15, -0.1) is 0 Å². The Morgan fingerprint density at radius 3 is 2.71 bits per heavy atom. The van der Waals surface area contributed by atoms with Crippen molar-refractivity contribution in [2.45, 2.75) is 13.8 Å². The topological polar surface area (TPSA) is 61.7 Å².